The van der Waals surface area contributed by atoms with E-state index in [1.165, 1.54) is 0 Å². The lowest BCUT2D eigenvalue weighted by molar-refractivity contribution is -0.126. The molecule has 1 aliphatic carbocycles. The number of nitrogens with zero attached hydrogens (tertiary/aromatic N) is 1. The van der Waals surface area contributed by atoms with Crippen LogP contribution in [-0.4, -0.2) is 50.3 Å². The summed E-state index contributed by atoms with van der Waals surface area (Å²) in [7, 11) is 1.64. The van der Waals surface area contributed by atoms with E-state index in [1.807, 2.05) is 52.0 Å². The predicted octanol–water partition coefficient (Wildman–Crippen LogP) is 3.72. The third kappa shape index (κ3) is 9.97. The van der Waals surface area contributed by atoms with Crippen molar-refractivity contribution >= 4 is 35.8 Å². The van der Waals surface area contributed by atoms with E-state index < -0.39 is 0 Å². The molecule has 1 aromatic rings. The predicted molar refractivity (Wildman–Crippen MR) is 137 cm³/mol. The molecule has 0 saturated heterocycles. The molecule has 1 saturated carbocycles. The van der Waals surface area contributed by atoms with Gasteiger partial charge in [0.25, 0.3) is 0 Å². The Labute approximate surface area is 204 Å². The SMILES string of the molecule is CCNC(=NCC(C)Oc1cccc(OC)c1)NC1CCCC(C(=O)NC(C)C)C1.I. The normalized spacial score (nSPS) is 19.7. The first-order valence-corrected chi connectivity index (χ1v) is 11.1. The highest BCUT2D eigenvalue weighted by Gasteiger charge is 2.28. The number of aliphatic imine (C=N–C) groups is 1. The zero-order valence-electron chi connectivity index (χ0n) is 19.4. The molecule has 3 unspecified atom stereocenters. The molecule has 0 bridgehead atoms. The van der Waals surface area contributed by atoms with Gasteiger partial charge in [0, 0.05) is 30.6 Å². The summed E-state index contributed by atoms with van der Waals surface area (Å²) in [6.07, 6.45) is 3.80. The van der Waals surface area contributed by atoms with Crippen LogP contribution in [-0.2, 0) is 4.79 Å². The summed E-state index contributed by atoms with van der Waals surface area (Å²) in [4.78, 5) is 17.1. The average Bonchev–Trinajstić information content (AvgIpc) is 2.72. The highest BCUT2D eigenvalue weighted by molar-refractivity contribution is 14.0. The van der Waals surface area contributed by atoms with Gasteiger partial charge >= 0.3 is 0 Å². The second-order valence-corrected chi connectivity index (χ2v) is 8.20. The lowest BCUT2D eigenvalue weighted by Crippen LogP contribution is -2.47. The number of ether oxygens (including phenoxy) is 2. The highest BCUT2D eigenvalue weighted by atomic mass is 127. The van der Waals surface area contributed by atoms with Crippen LogP contribution in [0.2, 0.25) is 0 Å². The fraction of sp³-hybridized carbons (Fsp3) is 0.652. The van der Waals surface area contributed by atoms with Gasteiger partial charge in [-0.15, -0.1) is 24.0 Å². The number of amides is 1. The van der Waals surface area contributed by atoms with Gasteiger partial charge in [-0.2, -0.15) is 0 Å². The summed E-state index contributed by atoms with van der Waals surface area (Å²) >= 11 is 0. The number of benzene rings is 1. The van der Waals surface area contributed by atoms with Crippen LogP contribution in [0.5, 0.6) is 11.5 Å². The smallest absolute Gasteiger partial charge is 0.223 e. The van der Waals surface area contributed by atoms with Gasteiger partial charge in [-0.05, 0) is 59.1 Å². The summed E-state index contributed by atoms with van der Waals surface area (Å²) < 4.78 is 11.2. The lowest BCUT2D eigenvalue weighted by atomic mass is 9.85. The fourth-order valence-electron chi connectivity index (χ4n) is 3.64. The van der Waals surface area contributed by atoms with Gasteiger partial charge < -0.3 is 25.4 Å². The first-order chi connectivity index (χ1) is 14.4. The Morgan fingerprint density at radius 3 is 2.65 bits per heavy atom. The van der Waals surface area contributed by atoms with Crippen LogP contribution >= 0.6 is 24.0 Å². The van der Waals surface area contributed by atoms with E-state index in [-0.39, 0.29) is 54.0 Å². The van der Waals surface area contributed by atoms with Crippen molar-refractivity contribution in [2.75, 3.05) is 20.2 Å². The van der Waals surface area contributed by atoms with Crippen LogP contribution in [0.3, 0.4) is 0 Å². The average molecular weight is 546 g/mol. The topological polar surface area (TPSA) is 84.0 Å². The minimum absolute atomic E-state index is 0. The molecular formula is C23H39IN4O3. The molecule has 1 amide bonds. The molecule has 0 radical (unpaired) electrons. The molecule has 2 rings (SSSR count). The molecule has 0 aliphatic heterocycles. The van der Waals surface area contributed by atoms with Crippen molar-refractivity contribution in [1.29, 1.82) is 0 Å². The quantitative estimate of drug-likeness (QED) is 0.250. The standard InChI is InChI=1S/C23H38N4O3.HI/c1-6-24-23(25-15-17(4)30-21-12-8-11-20(14-21)29-5)27-19-10-7-9-18(13-19)22(28)26-16(2)3;/h8,11-12,14,16-19H,6-7,9-10,13,15H2,1-5H3,(H,26,28)(H2,24,25,27);1H. The summed E-state index contributed by atoms with van der Waals surface area (Å²) in [6.45, 7) is 9.35. The molecule has 7 nitrogen and oxygen atoms in total. The Kier molecular flexibility index (Phi) is 12.7. The summed E-state index contributed by atoms with van der Waals surface area (Å²) in [6, 6.07) is 8.00. The van der Waals surface area contributed by atoms with E-state index in [1.54, 1.807) is 7.11 Å². The molecule has 0 spiro atoms. The molecular weight excluding hydrogens is 507 g/mol. The first-order valence-electron chi connectivity index (χ1n) is 11.1. The van der Waals surface area contributed by atoms with Crippen LogP contribution in [0, 0.1) is 5.92 Å². The maximum Gasteiger partial charge on any atom is 0.223 e. The Bertz CT molecular complexity index is 699. The molecule has 1 aromatic carbocycles. The highest BCUT2D eigenvalue weighted by Crippen LogP contribution is 2.24. The van der Waals surface area contributed by atoms with Crippen molar-refractivity contribution in [3.63, 3.8) is 0 Å². The Morgan fingerprint density at radius 2 is 1.97 bits per heavy atom. The van der Waals surface area contributed by atoms with E-state index in [0.717, 1.165) is 49.7 Å². The number of halogens is 1. The Morgan fingerprint density at radius 1 is 1.23 bits per heavy atom. The molecule has 0 aromatic heterocycles. The maximum atomic E-state index is 12.4. The minimum atomic E-state index is -0.0801. The zero-order chi connectivity index (χ0) is 21.9. The number of hydrogen-bond acceptors (Lipinski definition) is 4. The van der Waals surface area contributed by atoms with Crippen molar-refractivity contribution in [2.45, 2.75) is 71.6 Å². The van der Waals surface area contributed by atoms with Gasteiger partial charge in [-0.3, -0.25) is 4.79 Å². The minimum Gasteiger partial charge on any atom is -0.497 e. The second-order valence-electron chi connectivity index (χ2n) is 8.20. The van der Waals surface area contributed by atoms with Gasteiger partial charge in [-0.1, -0.05) is 12.5 Å². The molecule has 3 N–H and O–H groups in total. The summed E-state index contributed by atoms with van der Waals surface area (Å²) in [5, 5.41) is 9.87. The molecule has 8 heteroatoms. The number of hydrogen-bond donors (Lipinski definition) is 3. The van der Waals surface area contributed by atoms with Gasteiger partial charge in [0.1, 0.15) is 17.6 Å². The maximum absolute atomic E-state index is 12.4. The van der Waals surface area contributed by atoms with Crippen LogP contribution in [0.4, 0.5) is 0 Å². The van der Waals surface area contributed by atoms with Crippen LogP contribution < -0.4 is 25.4 Å². The summed E-state index contributed by atoms with van der Waals surface area (Å²) in [5.74, 6) is 2.54. The Balaban J connectivity index is 0.00000480. The van der Waals surface area contributed by atoms with Crippen molar-refractivity contribution < 1.29 is 14.3 Å². The van der Waals surface area contributed by atoms with Gasteiger partial charge in [0.05, 0.1) is 13.7 Å². The van der Waals surface area contributed by atoms with Crippen molar-refractivity contribution in [3.05, 3.63) is 24.3 Å². The number of nitrogens with one attached hydrogen (secondary N) is 3. The third-order valence-electron chi connectivity index (χ3n) is 5.05. The van der Waals surface area contributed by atoms with E-state index in [0.29, 0.717) is 6.54 Å². The fourth-order valence-corrected chi connectivity index (χ4v) is 3.64. The van der Waals surface area contributed by atoms with Gasteiger partial charge in [0.15, 0.2) is 5.96 Å². The van der Waals surface area contributed by atoms with E-state index in [4.69, 9.17) is 14.5 Å². The molecule has 3 atom stereocenters. The van der Waals surface area contributed by atoms with E-state index in [9.17, 15) is 4.79 Å². The largest absolute Gasteiger partial charge is 0.497 e. The van der Waals surface area contributed by atoms with E-state index >= 15 is 0 Å². The van der Waals surface area contributed by atoms with Crippen LogP contribution in [0.15, 0.2) is 29.3 Å². The number of guanidine groups is 1. The second kappa shape index (κ2) is 14.4. The number of carbonyl (C=O) groups is 1. The number of carbonyl (C=O) groups excluding carboxylic acids is 1. The van der Waals surface area contributed by atoms with Crippen molar-refractivity contribution in [1.82, 2.24) is 16.0 Å². The third-order valence-corrected chi connectivity index (χ3v) is 5.05. The van der Waals surface area contributed by atoms with Crippen LogP contribution in [0.25, 0.3) is 0 Å². The van der Waals surface area contributed by atoms with Crippen molar-refractivity contribution in [3.8, 4) is 11.5 Å². The monoisotopic (exact) mass is 546 g/mol. The van der Waals surface area contributed by atoms with Crippen molar-refractivity contribution in [2.24, 2.45) is 10.9 Å². The van der Waals surface area contributed by atoms with Gasteiger partial charge in [0.2, 0.25) is 5.91 Å². The molecule has 176 valence electrons. The molecule has 0 heterocycles. The molecule has 31 heavy (non-hydrogen) atoms. The molecule has 1 aliphatic rings. The summed E-state index contributed by atoms with van der Waals surface area (Å²) in [5.41, 5.74) is 0. The lowest BCUT2D eigenvalue weighted by Gasteiger charge is -2.30. The number of methoxy groups -OCH3 is 1. The Hall–Kier alpha value is -1.71. The van der Waals surface area contributed by atoms with E-state index in [2.05, 4.69) is 16.0 Å². The number of rotatable bonds is 9. The first kappa shape index (κ1) is 27.3. The zero-order valence-corrected chi connectivity index (χ0v) is 21.8. The van der Waals surface area contributed by atoms with Crippen LogP contribution in [0.1, 0.15) is 53.4 Å². The molecule has 1 fully saturated rings. The van der Waals surface area contributed by atoms with Gasteiger partial charge in [-0.25, -0.2) is 4.99 Å².